The lowest BCUT2D eigenvalue weighted by Gasteiger charge is -2.15. The standard InChI is InChI=1S/C20H18Cl2F2N4O4/c1-2-3-7-32-16-9-15(28-20(31)27(22)17(10-29)26-28)14(24)8-11(16)19(30)25-18-12(21)5-4-6-13(18)23/h4-6,8-9,29H,2-3,7,10H2,1H3,(H,25,30). The van der Waals surface area contributed by atoms with Crippen molar-refractivity contribution in [1.29, 1.82) is 0 Å². The van der Waals surface area contributed by atoms with Gasteiger partial charge in [0.15, 0.2) is 5.82 Å². The number of hydrogen-bond donors (Lipinski definition) is 2. The minimum Gasteiger partial charge on any atom is -0.493 e. The van der Waals surface area contributed by atoms with Gasteiger partial charge in [-0.25, -0.2) is 13.6 Å². The van der Waals surface area contributed by atoms with Gasteiger partial charge >= 0.3 is 5.69 Å². The van der Waals surface area contributed by atoms with Gasteiger partial charge in [-0.05, 0) is 24.6 Å². The van der Waals surface area contributed by atoms with Gasteiger partial charge in [0, 0.05) is 17.8 Å². The van der Waals surface area contributed by atoms with Gasteiger partial charge in [-0.3, -0.25) is 4.79 Å². The Morgan fingerprint density at radius 3 is 2.66 bits per heavy atom. The second-order valence-electron chi connectivity index (χ2n) is 6.60. The number of aliphatic hydroxyl groups excluding tert-OH is 1. The predicted molar refractivity (Wildman–Crippen MR) is 115 cm³/mol. The van der Waals surface area contributed by atoms with Gasteiger partial charge in [0.25, 0.3) is 5.91 Å². The number of aromatic nitrogens is 3. The zero-order valence-electron chi connectivity index (χ0n) is 16.7. The first-order valence-electron chi connectivity index (χ1n) is 9.48. The van der Waals surface area contributed by atoms with E-state index < -0.39 is 29.8 Å². The summed E-state index contributed by atoms with van der Waals surface area (Å²) >= 11 is 11.7. The number of aliphatic hydroxyl groups is 1. The average molecular weight is 487 g/mol. The summed E-state index contributed by atoms with van der Waals surface area (Å²) in [7, 11) is 0. The number of carbonyl (C=O) groups excluding carboxylic acids is 1. The topological polar surface area (TPSA) is 98.4 Å². The highest BCUT2D eigenvalue weighted by molar-refractivity contribution is 6.34. The lowest BCUT2D eigenvalue weighted by molar-refractivity contribution is 0.102. The highest BCUT2D eigenvalue weighted by atomic mass is 35.5. The Morgan fingerprint density at radius 2 is 2.03 bits per heavy atom. The van der Waals surface area contributed by atoms with E-state index in [0.717, 1.165) is 24.6 Å². The summed E-state index contributed by atoms with van der Waals surface area (Å²) < 4.78 is 35.8. The summed E-state index contributed by atoms with van der Waals surface area (Å²) in [5.74, 6) is -2.92. The van der Waals surface area contributed by atoms with E-state index in [4.69, 9.17) is 28.1 Å². The first-order chi connectivity index (χ1) is 15.3. The Bertz CT molecular complexity index is 1190. The van der Waals surface area contributed by atoms with Gasteiger partial charge < -0.3 is 15.2 Å². The van der Waals surface area contributed by atoms with Crippen molar-refractivity contribution in [3.05, 3.63) is 68.9 Å². The summed E-state index contributed by atoms with van der Waals surface area (Å²) in [4.78, 5) is 25.1. The van der Waals surface area contributed by atoms with Crippen LogP contribution < -0.4 is 15.7 Å². The molecule has 0 spiro atoms. The van der Waals surface area contributed by atoms with Crippen LogP contribution in [0.15, 0.2) is 35.1 Å². The molecule has 1 amide bonds. The van der Waals surface area contributed by atoms with E-state index in [0.29, 0.717) is 15.2 Å². The molecule has 0 radical (unpaired) electrons. The molecular weight excluding hydrogens is 469 g/mol. The molecule has 2 N–H and O–H groups in total. The number of para-hydroxylation sites is 1. The molecule has 0 unspecified atom stereocenters. The molecule has 1 aromatic heterocycles. The monoisotopic (exact) mass is 486 g/mol. The molecule has 1 heterocycles. The largest absolute Gasteiger partial charge is 0.493 e. The Kier molecular flexibility index (Phi) is 7.49. The number of halogens is 4. The van der Waals surface area contributed by atoms with E-state index in [9.17, 15) is 23.5 Å². The lowest BCUT2D eigenvalue weighted by atomic mass is 10.1. The van der Waals surface area contributed by atoms with E-state index in [1.54, 1.807) is 0 Å². The maximum absolute atomic E-state index is 14.9. The van der Waals surface area contributed by atoms with Crippen LogP contribution in [0, 0.1) is 11.6 Å². The fourth-order valence-electron chi connectivity index (χ4n) is 2.77. The molecule has 0 atom stereocenters. The Balaban J connectivity index is 2.07. The van der Waals surface area contributed by atoms with Crippen LogP contribution in [0.2, 0.25) is 5.02 Å². The number of nitrogens with zero attached hydrogens (tertiary/aromatic N) is 3. The van der Waals surface area contributed by atoms with Crippen LogP contribution in [-0.4, -0.2) is 31.5 Å². The molecule has 0 aliphatic rings. The second kappa shape index (κ2) is 10.1. The molecule has 3 aromatic rings. The fourth-order valence-corrected chi connectivity index (χ4v) is 3.14. The van der Waals surface area contributed by atoms with Crippen LogP contribution in [-0.2, 0) is 6.61 Å². The summed E-state index contributed by atoms with van der Waals surface area (Å²) in [5, 5.41) is 15.3. The summed E-state index contributed by atoms with van der Waals surface area (Å²) in [6.07, 6.45) is 1.42. The van der Waals surface area contributed by atoms with Crippen molar-refractivity contribution in [3.8, 4) is 11.4 Å². The number of amides is 1. The van der Waals surface area contributed by atoms with Gasteiger partial charge in [0.05, 0.1) is 22.9 Å². The van der Waals surface area contributed by atoms with Crippen LogP contribution in [0.3, 0.4) is 0 Å². The third kappa shape index (κ3) is 4.77. The van der Waals surface area contributed by atoms with E-state index in [1.165, 1.54) is 12.1 Å². The lowest BCUT2D eigenvalue weighted by Crippen LogP contribution is -2.22. The predicted octanol–water partition coefficient (Wildman–Crippen LogP) is 3.89. The van der Waals surface area contributed by atoms with Gasteiger partial charge in [0.2, 0.25) is 0 Å². The molecule has 170 valence electrons. The van der Waals surface area contributed by atoms with Crippen LogP contribution in [0.4, 0.5) is 14.5 Å². The number of anilines is 1. The van der Waals surface area contributed by atoms with Crippen molar-refractivity contribution in [1.82, 2.24) is 13.9 Å². The summed E-state index contributed by atoms with van der Waals surface area (Å²) in [6.45, 7) is 1.47. The van der Waals surface area contributed by atoms with Crippen molar-refractivity contribution in [2.75, 3.05) is 11.9 Å². The van der Waals surface area contributed by atoms with Crippen molar-refractivity contribution in [2.45, 2.75) is 26.4 Å². The number of nitrogens with one attached hydrogen (secondary N) is 1. The van der Waals surface area contributed by atoms with Crippen LogP contribution in [0.1, 0.15) is 35.9 Å². The van der Waals surface area contributed by atoms with Crippen molar-refractivity contribution in [2.24, 2.45) is 0 Å². The zero-order chi connectivity index (χ0) is 23.4. The number of hydrogen-bond acceptors (Lipinski definition) is 5. The zero-order valence-corrected chi connectivity index (χ0v) is 18.3. The van der Waals surface area contributed by atoms with Crippen LogP contribution in [0.25, 0.3) is 5.69 Å². The molecule has 3 rings (SSSR count). The van der Waals surface area contributed by atoms with E-state index in [1.807, 2.05) is 6.92 Å². The van der Waals surface area contributed by atoms with Crippen LogP contribution in [0.5, 0.6) is 5.75 Å². The Hall–Kier alpha value is -2.95. The van der Waals surface area contributed by atoms with Crippen molar-refractivity contribution < 1.29 is 23.4 Å². The third-order valence-electron chi connectivity index (χ3n) is 4.41. The molecule has 8 nitrogen and oxygen atoms in total. The van der Waals surface area contributed by atoms with Crippen LogP contribution >= 0.6 is 23.4 Å². The Morgan fingerprint density at radius 1 is 1.28 bits per heavy atom. The SMILES string of the molecule is CCCCOc1cc(-n2nc(CO)n(Cl)c2=O)c(F)cc1C(=O)Nc1c(F)cccc1Cl. The highest BCUT2D eigenvalue weighted by Crippen LogP contribution is 2.29. The number of rotatable bonds is 8. The van der Waals surface area contributed by atoms with Crippen molar-refractivity contribution >= 4 is 35.0 Å². The van der Waals surface area contributed by atoms with Gasteiger partial charge in [-0.15, -0.1) is 5.10 Å². The van der Waals surface area contributed by atoms with E-state index in [-0.39, 0.29) is 40.1 Å². The maximum atomic E-state index is 14.9. The quantitative estimate of drug-likeness (QED) is 0.470. The molecule has 12 heteroatoms. The first kappa shape index (κ1) is 23.7. The molecule has 2 aromatic carbocycles. The summed E-state index contributed by atoms with van der Waals surface area (Å²) in [6, 6.07) is 5.80. The van der Waals surface area contributed by atoms with E-state index >= 15 is 0 Å². The normalized spacial score (nSPS) is 10.9. The van der Waals surface area contributed by atoms with Crippen molar-refractivity contribution in [3.63, 3.8) is 0 Å². The molecule has 0 aliphatic carbocycles. The Labute approximate surface area is 191 Å². The third-order valence-corrected chi connectivity index (χ3v) is 5.07. The minimum atomic E-state index is -1.00. The summed E-state index contributed by atoms with van der Waals surface area (Å²) in [5.41, 5.74) is -1.80. The molecule has 0 fully saturated rings. The maximum Gasteiger partial charge on any atom is 0.365 e. The number of benzene rings is 2. The fraction of sp³-hybridized carbons (Fsp3) is 0.250. The molecule has 0 aliphatic heterocycles. The average Bonchev–Trinajstić information content (AvgIpc) is 3.05. The number of unbranched alkanes of at least 4 members (excludes halogenated alkanes) is 1. The molecule has 0 saturated carbocycles. The molecule has 32 heavy (non-hydrogen) atoms. The smallest absolute Gasteiger partial charge is 0.365 e. The van der Waals surface area contributed by atoms with Gasteiger partial charge in [0.1, 0.15) is 29.7 Å². The first-order valence-corrected chi connectivity index (χ1v) is 10.2. The minimum absolute atomic E-state index is 0.0420. The van der Waals surface area contributed by atoms with Gasteiger partial charge in [-0.1, -0.05) is 31.0 Å². The molecule has 0 saturated heterocycles. The number of ether oxygens (including phenoxy) is 1. The van der Waals surface area contributed by atoms with E-state index in [2.05, 4.69) is 10.4 Å². The second-order valence-corrected chi connectivity index (χ2v) is 7.35. The molecule has 0 bridgehead atoms. The number of carbonyl (C=O) groups is 1. The van der Waals surface area contributed by atoms with Gasteiger partial charge in [-0.2, -0.15) is 8.77 Å². The highest BCUT2D eigenvalue weighted by Gasteiger charge is 2.23. The molecular formula is C20H18Cl2F2N4O4.